The molecule has 128 valence electrons. The Morgan fingerprint density at radius 3 is 2.84 bits per heavy atom. The third-order valence-electron chi connectivity index (χ3n) is 3.27. The molecule has 2 aromatic carbocycles. The average Bonchev–Trinajstić information content (AvgIpc) is 3.09. The van der Waals surface area contributed by atoms with Gasteiger partial charge in [0.05, 0.1) is 17.1 Å². The number of aromatic nitrogens is 2. The molecule has 0 atom stereocenters. The Morgan fingerprint density at radius 2 is 2.12 bits per heavy atom. The molecule has 9 heteroatoms. The summed E-state index contributed by atoms with van der Waals surface area (Å²) in [6.07, 6.45) is 0. The van der Waals surface area contributed by atoms with E-state index in [-0.39, 0.29) is 29.0 Å². The first kappa shape index (κ1) is 16.7. The predicted molar refractivity (Wildman–Crippen MR) is 88.7 cm³/mol. The number of halogens is 1. The van der Waals surface area contributed by atoms with E-state index in [2.05, 4.69) is 10.1 Å². The molecule has 0 saturated carbocycles. The molecule has 0 aliphatic rings. The van der Waals surface area contributed by atoms with Crippen LogP contribution in [0.4, 0.5) is 5.69 Å². The van der Waals surface area contributed by atoms with Gasteiger partial charge in [0.2, 0.25) is 5.82 Å². The Balaban J connectivity index is 1.70. The summed E-state index contributed by atoms with van der Waals surface area (Å²) in [6.45, 7) is -0.0193. The number of hydrogen-bond donors (Lipinski definition) is 0. The van der Waals surface area contributed by atoms with Crippen molar-refractivity contribution < 1.29 is 18.9 Å². The van der Waals surface area contributed by atoms with Gasteiger partial charge in [0.1, 0.15) is 11.5 Å². The average molecular weight is 362 g/mol. The van der Waals surface area contributed by atoms with Crippen molar-refractivity contribution in [3.63, 3.8) is 0 Å². The van der Waals surface area contributed by atoms with Crippen molar-refractivity contribution in [2.75, 3.05) is 7.11 Å². The van der Waals surface area contributed by atoms with Crippen LogP contribution < -0.4 is 9.47 Å². The van der Waals surface area contributed by atoms with E-state index in [1.807, 2.05) is 18.2 Å². The van der Waals surface area contributed by atoms with E-state index >= 15 is 0 Å². The van der Waals surface area contributed by atoms with Gasteiger partial charge in [-0.1, -0.05) is 28.9 Å². The number of nitro benzene ring substituents is 1. The summed E-state index contributed by atoms with van der Waals surface area (Å²) in [4.78, 5) is 14.4. The zero-order valence-corrected chi connectivity index (χ0v) is 13.8. The Kier molecular flexibility index (Phi) is 4.80. The highest BCUT2D eigenvalue weighted by atomic mass is 35.5. The number of nitro groups is 1. The van der Waals surface area contributed by atoms with Crippen molar-refractivity contribution in [2.45, 2.75) is 6.61 Å². The van der Waals surface area contributed by atoms with Gasteiger partial charge in [-0.25, -0.2) is 0 Å². The molecular formula is C16H12ClN3O5. The molecule has 1 heterocycles. The highest BCUT2D eigenvalue weighted by molar-refractivity contribution is 6.32. The fourth-order valence-electron chi connectivity index (χ4n) is 2.05. The van der Waals surface area contributed by atoms with Gasteiger partial charge in [0, 0.05) is 17.7 Å². The van der Waals surface area contributed by atoms with E-state index in [9.17, 15) is 10.1 Å². The van der Waals surface area contributed by atoms with E-state index in [0.29, 0.717) is 11.6 Å². The fraction of sp³-hybridized carbons (Fsp3) is 0.125. The predicted octanol–water partition coefficient (Wildman–Crippen LogP) is 3.89. The normalized spacial score (nSPS) is 10.5. The molecule has 25 heavy (non-hydrogen) atoms. The Morgan fingerprint density at radius 1 is 1.28 bits per heavy atom. The van der Waals surface area contributed by atoms with Gasteiger partial charge in [-0.15, -0.1) is 0 Å². The smallest absolute Gasteiger partial charge is 0.271 e. The second-order valence-electron chi connectivity index (χ2n) is 4.90. The van der Waals surface area contributed by atoms with Crippen LogP contribution >= 0.6 is 11.6 Å². The minimum absolute atomic E-state index is 0.0193. The van der Waals surface area contributed by atoms with Gasteiger partial charge in [-0.05, 0) is 18.2 Å². The maximum atomic E-state index is 10.7. The molecule has 0 amide bonds. The monoisotopic (exact) mass is 361 g/mol. The molecule has 0 unspecified atom stereocenters. The van der Waals surface area contributed by atoms with Crippen LogP contribution in [0.2, 0.25) is 5.02 Å². The van der Waals surface area contributed by atoms with Gasteiger partial charge in [0.15, 0.2) is 6.61 Å². The highest BCUT2D eigenvalue weighted by Crippen LogP contribution is 2.29. The summed E-state index contributed by atoms with van der Waals surface area (Å²) in [5, 5.41) is 14.7. The summed E-state index contributed by atoms with van der Waals surface area (Å²) < 4.78 is 15.8. The van der Waals surface area contributed by atoms with E-state index in [1.54, 1.807) is 13.2 Å². The molecule has 0 radical (unpaired) electrons. The second-order valence-corrected chi connectivity index (χ2v) is 5.31. The fourth-order valence-corrected chi connectivity index (χ4v) is 2.28. The van der Waals surface area contributed by atoms with Crippen LogP contribution in [0, 0.1) is 10.1 Å². The Labute approximate surface area is 147 Å². The molecule has 0 spiro atoms. The lowest BCUT2D eigenvalue weighted by molar-refractivity contribution is -0.384. The highest BCUT2D eigenvalue weighted by Gasteiger charge is 2.13. The number of nitrogens with zero attached hydrogens (tertiary/aromatic N) is 3. The van der Waals surface area contributed by atoms with Crippen molar-refractivity contribution in [2.24, 2.45) is 0 Å². The first-order valence-corrected chi connectivity index (χ1v) is 7.48. The number of rotatable bonds is 6. The molecule has 3 aromatic rings. The zero-order valence-electron chi connectivity index (χ0n) is 13.0. The van der Waals surface area contributed by atoms with Crippen molar-refractivity contribution in [3.05, 3.63) is 63.5 Å². The third kappa shape index (κ3) is 3.86. The summed E-state index contributed by atoms with van der Waals surface area (Å²) >= 11 is 5.96. The summed E-state index contributed by atoms with van der Waals surface area (Å²) in [6, 6.07) is 11.2. The number of ether oxygens (including phenoxy) is 2. The van der Waals surface area contributed by atoms with Crippen molar-refractivity contribution in [1.82, 2.24) is 10.1 Å². The standard InChI is InChI=1S/C16H12ClN3O5/c1-23-12-4-2-3-10(7-12)16-18-15(25-19-16)9-24-14-6-5-11(20(21)22)8-13(14)17/h2-8H,9H2,1H3. The van der Waals surface area contributed by atoms with Crippen LogP contribution in [0.1, 0.15) is 5.89 Å². The van der Waals surface area contributed by atoms with Crippen molar-refractivity contribution in [1.29, 1.82) is 0 Å². The molecule has 1 aromatic heterocycles. The number of benzene rings is 2. The first-order valence-electron chi connectivity index (χ1n) is 7.10. The van der Waals surface area contributed by atoms with Crippen LogP contribution in [-0.4, -0.2) is 22.2 Å². The minimum atomic E-state index is -0.534. The molecule has 0 aliphatic heterocycles. The Hall–Kier alpha value is -3.13. The lowest BCUT2D eigenvalue weighted by atomic mass is 10.2. The third-order valence-corrected chi connectivity index (χ3v) is 3.57. The van der Waals surface area contributed by atoms with E-state index in [0.717, 1.165) is 5.56 Å². The van der Waals surface area contributed by atoms with Crippen LogP contribution in [0.3, 0.4) is 0 Å². The quantitative estimate of drug-likeness (QED) is 0.485. The van der Waals surface area contributed by atoms with E-state index in [4.69, 9.17) is 25.6 Å². The molecule has 8 nitrogen and oxygen atoms in total. The largest absolute Gasteiger partial charge is 0.497 e. The molecule has 0 saturated heterocycles. The number of non-ortho nitro benzene ring substituents is 1. The van der Waals surface area contributed by atoms with Crippen LogP contribution in [0.15, 0.2) is 47.0 Å². The maximum absolute atomic E-state index is 10.7. The molecule has 0 fully saturated rings. The second kappa shape index (κ2) is 7.18. The van der Waals surface area contributed by atoms with Gasteiger partial charge in [-0.3, -0.25) is 10.1 Å². The summed E-state index contributed by atoms with van der Waals surface area (Å²) in [5.74, 6) is 1.60. The maximum Gasteiger partial charge on any atom is 0.271 e. The molecular weight excluding hydrogens is 350 g/mol. The molecule has 0 N–H and O–H groups in total. The zero-order chi connectivity index (χ0) is 17.8. The lowest BCUT2D eigenvalue weighted by Gasteiger charge is -2.04. The van der Waals surface area contributed by atoms with Crippen molar-refractivity contribution >= 4 is 17.3 Å². The van der Waals surface area contributed by atoms with Crippen molar-refractivity contribution in [3.8, 4) is 22.9 Å². The van der Waals surface area contributed by atoms with Crippen LogP contribution in [-0.2, 0) is 6.61 Å². The molecule has 0 aliphatic carbocycles. The Bertz CT molecular complexity index is 912. The topological polar surface area (TPSA) is 101 Å². The molecule has 3 rings (SSSR count). The van der Waals surface area contributed by atoms with Gasteiger partial charge in [0.25, 0.3) is 11.6 Å². The summed E-state index contributed by atoms with van der Waals surface area (Å²) in [7, 11) is 1.57. The summed E-state index contributed by atoms with van der Waals surface area (Å²) in [5.41, 5.74) is 0.623. The van der Waals surface area contributed by atoms with Gasteiger partial charge in [-0.2, -0.15) is 4.98 Å². The SMILES string of the molecule is COc1cccc(-c2noc(COc3ccc([N+](=O)[O-])cc3Cl)n2)c1. The van der Waals surface area contributed by atoms with E-state index in [1.165, 1.54) is 18.2 Å². The van der Waals surface area contributed by atoms with Gasteiger partial charge < -0.3 is 14.0 Å². The molecule has 0 bridgehead atoms. The number of hydrogen-bond acceptors (Lipinski definition) is 7. The van der Waals surface area contributed by atoms with Crippen LogP contribution in [0.25, 0.3) is 11.4 Å². The van der Waals surface area contributed by atoms with Gasteiger partial charge >= 0.3 is 0 Å². The minimum Gasteiger partial charge on any atom is -0.497 e. The van der Waals surface area contributed by atoms with Crippen LogP contribution in [0.5, 0.6) is 11.5 Å². The first-order chi connectivity index (χ1) is 12.1. The lowest BCUT2D eigenvalue weighted by Crippen LogP contribution is -1.97. The number of methoxy groups -OCH3 is 1. The van der Waals surface area contributed by atoms with E-state index < -0.39 is 4.92 Å².